The Hall–Kier alpha value is -2.15. The molecule has 1 aromatic rings. The first-order valence-corrected chi connectivity index (χ1v) is 9.14. The van der Waals surface area contributed by atoms with Crippen LogP contribution in [0.3, 0.4) is 0 Å². The Morgan fingerprint density at radius 1 is 1.33 bits per heavy atom. The molecule has 1 aliphatic rings. The average molecular weight is 350 g/mol. The van der Waals surface area contributed by atoms with Gasteiger partial charge in [0, 0.05) is 17.0 Å². The van der Waals surface area contributed by atoms with E-state index in [4.69, 9.17) is 9.47 Å². The van der Waals surface area contributed by atoms with Crippen LogP contribution in [0.15, 0.2) is 35.5 Å². The molecule has 1 heterocycles. The van der Waals surface area contributed by atoms with Gasteiger partial charge in [-0.3, -0.25) is 0 Å². The molecule has 2 amide bonds. The molecule has 0 saturated heterocycles. The molecular weight excluding hydrogens is 328 g/mol. The van der Waals surface area contributed by atoms with E-state index in [-0.39, 0.29) is 6.03 Å². The number of nitrogens with one attached hydrogen (secondary N) is 2. The first kappa shape index (κ1) is 18.2. The first-order valence-electron chi connectivity index (χ1n) is 7.74. The maximum Gasteiger partial charge on any atom is 0.338 e. The molecule has 1 aromatic carbocycles. The van der Waals surface area contributed by atoms with Crippen molar-refractivity contribution in [3.63, 3.8) is 0 Å². The summed E-state index contributed by atoms with van der Waals surface area (Å²) in [6.45, 7) is 4.40. The molecule has 0 radical (unpaired) electrons. The minimum atomic E-state index is -0.608. The van der Waals surface area contributed by atoms with Gasteiger partial charge in [0.2, 0.25) is 0 Å². The van der Waals surface area contributed by atoms with Crippen LogP contribution in [0.25, 0.3) is 0 Å². The van der Waals surface area contributed by atoms with Gasteiger partial charge in [-0.15, -0.1) is 0 Å². The summed E-state index contributed by atoms with van der Waals surface area (Å²) in [4.78, 5) is 24.4. The maximum absolute atomic E-state index is 12.5. The highest BCUT2D eigenvalue weighted by atomic mass is 32.2. The Balaban J connectivity index is 2.36. The topological polar surface area (TPSA) is 76.7 Å². The third-order valence-electron chi connectivity index (χ3n) is 3.54. The standard InChI is InChI=1S/C17H22N2O4S/c1-4-22-13-8-6-5-7-12(13)15-14(11(2)18-17(21)19-15)16(20)23-9-10-24-3/h5-8,15H,4,9-10H2,1-3H3,(H2,18,19,21)/t15-/m0/s1. The normalized spacial score (nSPS) is 17.1. The molecule has 0 aromatic heterocycles. The molecule has 2 N–H and O–H groups in total. The van der Waals surface area contributed by atoms with Gasteiger partial charge < -0.3 is 20.1 Å². The van der Waals surface area contributed by atoms with Gasteiger partial charge >= 0.3 is 12.0 Å². The molecule has 2 rings (SSSR count). The lowest BCUT2D eigenvalue weighted by Crippen LogP contribution is -2.45. The molecule has 0 saturated carbocycles. The van der Waals surface area contributed by atoms with Crippen molar-refractivity contribution >= 4 is 23.8 Å². The Kier molecular flexibility index (Phi) is 6.54. The van der Waals surface area contributed by atoms with Crippen molar-refractivity contribution in [1.29, 1.82) is 0 Å². The average Bonchev–Trinajstić information content (AvgIpc) is 2.55. The van der Waals surface area contributed by atoms with Gasteiger partial charge in [0.05, 0.1) is 18.2 Å². The lowest BCUT2D eigenvalue weighted by molar-refractivity contribution is -0.138. The van der Waals surface area contributed by atoms with Gasteiger partial charge in [-0.25, -0.2) is 9.59 Å². The van der Waals surface area contributed by atoms with E-state index in [9.17, 15) is 9.59 Å². The molecule has 0 spiro atoms. The number of esters is 1. The summed E-state index contributed by atoms with van der Waals surface area (Å²) >= 11 is 1.60. The molecule has 0 aliphatic carbocycles. The van der Waals surface area contributed by atoms with Gasteiger partial charge in [0.25, 0.3) is 0 Å². The number of carbonyl (C=O) groups is 2. The quantitative estimate of drug-likeness (QED) is 0.584. The first-order chi connectivity index (χ1) is 11.6. The zero-order valence-corrected chi connectivity index (χ0v) is 14.9. The Morgan fingerprint density at radius 3 is 2.79 bits per heavy atom. The number of para-hydroxylation sites is 1. The summed E-state index contributed by atoms with van der Waals surface area (Å²) < 4.78 is 11.0. The number of hydrogen-bond acceptors (Lipinski definition) is 5. The smallest absolute Gasteiger partial charge is 0.338 e. The summed E-state index contributed by atoms with van der Waals surface area (Å²) in [6, 6.07) is 6.39. The van der Waals surface area contributed by atoms with Gasteiger partial charge in [-0.2, -0.15) is 11.8 Å². The van der Waals surface area contributed by atoms with E-state index in [1.165, 1.54) is 0 Å². The number of thioether (sulfide) groups is 1. The minimum Gasteiger partial charge on any atom is -0.494 e. The van der Waals surface area contributed by atoms with Crippen molar-refractivity contribution in [3.05, 3.63) is 41.1 Å². The SMILES string of the molecule is CCOc1ccccc1[C@@H]1NC(=O)NC(C)=C1C(=O)OCCSC. The van der Waals surface area contributed by atoms with Crippen molar-refractivity contribution in [2.75, 3.05) is 25.2 Å². The van der Waals surface area contributed by atoms with Gasteiger partial charge in [0.1, 0.15) is 12.4 Å². The highest BCUT2D eigenvalue weighted by molar-refractivity contribution is 7.98. The summed E-state index contributed by atoms with van der Waals surface area (Å²) in [5.74, 6) is 0.915. The number of urea groups is 1. The number of hydrogen-bond donors (Lipinski definition) is 2. The second-order valence-electron chi connectivity index (χ2n) is 5.17. The van der Waals surface area contributed by atoms with Crippen LogP contribution in [-0.4, -0.2) is 37.2 Å². The maximum atomic E-state index is 12.5. The lowest BCUT2D eigenvalue weighted by atomic mass is 9.95. The zero-order chi connectivity index (χ0) is 17.5. The minimum absolute atomic E-state index is 0.324. The molecule has 24 heavy (non-hydrogen) atoms. The Bertz CT molecular complexity index is 645. The van der Waals surface area contributed by atoms with Crippen molar-refractivity contribution < 1.29 is 19.1 Å². The van der Waals surface area contributed by atoms with Crippen LogP contribution in [-0.2, 0) is 9.53 Å². The second kappa shape index (κ2) is 8.63. The number of rotatable bonds is 7. The van der Waals surface area contributed by atoms with E-state index in [2.05, 4.69) is 10.6 Å². The van der Waals surface area contributed by atoms with E-state index >= 15 is 0 Å². The van der Waals surface area contributed by atoms with Crippen LogP contribution in [0, 0.1) is 0 Å². The third kappa shape index (κ3) is 4.23. The fourth-order valence-corrected chi connectivity index (χ4v) is 2.75. The molecule has 7 heteroatoms. The molecule has 0 bridgehead atoms. The van der Waals surface area contributed by atoms with Crippen LogP contribution in [0.5, 0.6) is 5.75 Å². The number of ether oxygens (including phenoxy) is 2. The zero-order valence-electron chi connectivity index (χ0n) is 14.0. The van der Waals surface area contributed by atoms with Crippen LogP contribution >= 0.6 is 11.8 Å². The highest BCUT2D eigenvalue weighted by Crippen LogP contribution is 2.33. The fraction of sp³-hybridized carbons (Fsp3) is 0.412. The summed E-state index contributed by atoms with van der Waals surface area (Å²) in [5.41, 5.74) is 1.61. The number of benzene rings is 1. The lowest BCUT2D eigenvalue weighted by Gasteiger charge is -2.29. The van der Waals surface area contributed by atoms with Crippen LogP contribution in [0.2, 0.25) is 0 Å². The molecule has 1 atom stereocenters. The van der Waals surface area contributed by atoms with Crippen molar-refractivity contribution in [3.8, 4) is 5.75 Å². The van der Waals surface area contributed by atoms with Gasteiger partial charge in [0.15, 0.2) is 0 Å². The monoisotopic (exact) mass is 350 g/mol. The summed E-state index contributed by atoms with van der Waals surface area (Å²) in [7, 11) is 0. The Morgan fingerprint density at radius 2 is 2.08 bits per heavy atom. The summed E-state index contributed by atoms with van der Waals surface area (Å²) in [6.07, 6.45) is 1.95. The summed E-state index contributed by atoms with van der Waals surface area (Å²) in [5, 5.41) is 5.42. The number of amides is 2. The van der Waals surface area contributed by atoms with E-state index in [1.54, 1.807) is 18.7 Å². The van der Waals surface area contributed by atoms with Crippen LogP contribution in [0.1, 0.15) is 25.5 Å². The van der Waals surface area contributed by atoms with Crippen molar-refractivity contribution in [1.82, 2.24) is 10.6 Å². The second-order valence-corrected chi connectivity index (χ2v) is 6.16. The number of allylic oxidation sites excluding steroid dienone is 1. The molecular formula is C17H22N2O4S. The van der Waals surface area contributed by atoms with E-state index in [0.29, 0.717) is 30.2 Å². The largest absolute Gasteiger partial charge is 0.494 e. The van der Waals surface area contributed by atoms with Gasteiger partial charge in [-0.05, 0) is 26.2 Å². The van der Waals surface area contributed by atoms with E-state index in [1.807, 2.05) is 37.4 Å². The Labute approximate surface area is 146 Å². The molecule has 0 unspecified atom stereocenters. The van der Waals surface area contributed by atoms with Crippen molar-refractivity contribution in [2.45, 2.75) is 19.9 Å². The fourth-order valence-electron chi connectivity index (χ4n) is 2.50. The van der Waals surface area contributed by atoms with Crippen molar-refractivity contribution in [2.24, 2.45) is 0 Å². The van der Waals surface area contributed by atoms with Crippen LogP contribution in [0.4, 0.5) is 4.79 Å². The van der Waals surface area contributed by atoms with E-state index < -0.39 is 12.0 Å². The predicted octanol–water partition coefficient (Wildman–Crippen LogP) is 2.62. The van der Waals surface area contributed by atoms with E-state index in [0.717, 1.165) is 11.3 Å². The molecule has 0 fully saturated rings. The van der Waals surface area contributed by atoms with Crippen LogP contribution < -0.4 is 15.4 Å². The molecule has 130 valence electrons. The third-order valence-corrected chi connectivity index (χ3v) is 4.11. The van der Waals surface area contributed by atoms with Gasteiger partial charge in [-0.1, -0.05) is 18.2 Å². The highest BCUT2D eigenvalue weighted by Gasteiger charge is 2.33. The number of carbonyl (C=O) groups excluding carboxylic acids is 2. The predicted molar refractivity (Wildman–Crippen MR) is 94.1 cm³/mol. The molecule has 1 aliphatic heterocycles. The molecule has 6 nitrogen and oxygen atoms in total.